The van der Waals surface area contributed by atoms with E-state index in [1.807, 2.05) is 13.0 Å². The molecule has 0 aliphatic rings. The van der Waals surface area contributed by atoms with Gasteiger partial charge in [-0.05, 0) is 18.6 Å². The second kappa shape index (κ2) is 6.40. The summed E-state index contributed by atoms with van der Waals surface area (Å²) < 4.78 is 4.53. The van der Waals surface area contributed by atoms with Crippen LogP contribution in [0, 0.1) is 6.92 Å². The fourth-order valence-corrected chi connectivity index (χ4v) is 1.69. The fraction of sp³-hybridized carbons (Fsp3) is 0.385. The molecule has 98 valence electrons. The Balaban J connectivity index is 2.74. The van der Waals surface area contributed by atoms with Crippen molar-refractivity contribution in [3.8, 4) is 0 Å². The Labute approximate surface area is 111 Å². The lowest BCUT2D eigenvalue weighted by Crippen LogP contribution is -2.29. The van der Waals surface area contributed by atoms with E-state index in [4.69, 9.17) is 11.6 Å². The number of esters is 1. The van der Waals surface area contributed by atoms with Crippen molar-refractivity contribution in [1.82, 2.24) is 4.90 Å². The molecule has 1 aromatic rings. The van der Waals surface area contributed by atoms with Crippen molar-refractivity contribution in [2.45, 2.75) is 13.3 Å². The average Bonchev–Trinajstić information content (AvgIpc) is 2.37. The summed E-state index contributed by atoms with van der Waals surface area (Å²) in [5.74, 6) is -0.544. The van der Waals surface area contributed by atoms with Gasteiger partial charge in [-0.25, -0.2) is 0 Å². The molecule has 1 aromatic carbocycles. The van der Waals surface area contributed by atoms with E-state index in [1.165, 1.54) is 12.0 Å². The molecule has 0 fully saturated rings. The standard InChI is InChI=1S/C13H16ClNO3/c1-9-5-4-6-10(12(9)14)13(17)15(2)8-7-11(16)18-3/h4-6H,7-8H2,1-3H3. The lowest BCUT2D eigenvalue weighted by atomic mass is 10.1. The largest absolute Gasteiger partial charge is 0.469 e. The van der Waals surface area contributed by atoms with E-state index in [9.17, 15) is 9.59 Å². The molecule has 1 amide bonds. The van der Waals surface area contributed by atoms with Crippen LogP contribution < -0.4 is 0 Å². The number of nitrogens with zero attached hydrogens (tertiary/aromatic N) is 1. The maximum atomic E-state index is 12.1. The first-order valence-corrected chi connectivity index (χ1v) is 5.92. The van der Waals surface area contributed by atoms with Crippen LogP contribution in [0.5, 0.6) is 0 Å². The number of hydrogen-bond donors (Lipinski definition) is 0. The van der Waals surface area contributed by atoms with E-state index in [0.29, 0.717) is 17.1 Å². The number of hydrogen-bond acceptors (Lipinski definition) is 3. The van der Waals surface area contributed by atoms with Gasteiger partial charge in [0.2, 0.25) is 0 Å². The number of methoxy groups -OCH3 is 1. The smallest absolute Gasteiger partial charge is 0.307 e. The zero-order valence-electron chi connectivity index (χ0n) is 10.7. The topological polar surface area (TPSA) is 46.6 Å². The number of rotatable bonds is 4. The highest BCUT2D eigenvalue weighted by atomic mass is 35.5. The predicted molar refractivity (Wildman–Crippen MR) is 69.8 cm³/mol. The van der Waals surface area contributed by atoms with Crippen LogP contribution in [-0.4, -0.2) is 37.5 Å². The Kier molecular flexibility index (Phi) is 5.16. The predicted octanol–water partition coefficient (Wildman–Crippen LogP) is 2.28. The van der Waals surface area contributed by atoms with Crippen molar-refractivity contribution in [1.29, 1.82) is 0 Å². The molecule has 1 rings (SSSR count). The molecule has 18 heavy (non-hydrogen) atoms. The number of carbonyl (C=O) groups is 2. The minimum Gasteiger partial charge on any atom is -0.469 e. The highest BCUT2D eigenvalue weighted by Crippen LogP contribution is 2.21. The second-order valence-corrected chi connectivity index (χ2v) is 4.37. The molecule has 0 unspecified atom stereocenters. The third-order valence-electron chi connectivity index (χ3n) is 2.65. The zero-order chi connectivity index (χ0) is 13.7. The van der Waals surface area contributed by atoms with Crippen molar-refractivity contribution in [3.05, 3.63) is 34.3 Å². The molecule has 0 heterocycles. The minimum absolute atomic E-state index is 0.169. The maximum absolute atomic E-state index is 12.1. The fourth-order valence-electron chi connectivity index (χ4n) is 1.48. The van der Waals surface area contributed by atoms with Crippen LogP contribution in [0.2, 0.25) is 5.02 Å². The van der Waals surface area contributed by atoms with Gasteiger partial charge in [-0.2, -0.15) is 0 Å². The number of halogens is 1. The van der Waals surface area contributed by atoms with Crippen LogP contribution in [0.4, 0.5) is 0 Å². The van der Waals surface area contributed by atoms with E-state index in [2.05, 4.69) is 4.74 Å². The molecule has 0 saturated carbocycles. The van der Waals surface area contributed by atoms with Gasteiger partial charge in [-0.15, -0.1) is 0 Å². The zero-order valence-corrected chi connectivity index (χ0v) is 11.5. The molecule has 0 aromatic heterocycles. The summed E-state index contributed by atoms with van der Waals surface area (Å²) in [7, 11) is 2.95. The number of ether oxygens (including phenoxy) is 1. The normalized spacial score (nSPS) is 10.0. The molecule has 0 atom stereocenters. The van der Waals surface area contributed by atoms with Gasteiger partial charge < -0.3 is 9.64 Å². The Bertz CT molecular complexity index is 460. The number of amides is 1. The molecule has 0 aliphatic heterocycles. The van der Waals surface area contributed by atoms with E-state index in [1.54, 1.807) is 19.2 Å². The monoisotopic (exact) mass is 269 g/mol. The summed E-state index contributed by atoms with van der Waals surface area (Å²) in [4.78, 5) is 24.6. The molecule has 0 spiro atoms. The number of carbonyl (C=O) groups excluding carboxylic acids is 2. The second-order valence-electron chi connectivity index (χ2n) is 3.99. The quantitative estimate of drug-likeness (QED) is 0.788. The highest BCUT2D eigenvalue weighted by molar-refractivity contribution is 6.34. The van der Waals surface area contributed by atoms with E-state index < -0.39 is 0 Å². The van der Waals surface area contributed by atoms with Crippen LogP contribution in [0.25, 0.3) is 0 Å². The lowest BCUT2D eigenvalue weighted by Gasteiger charge is -2.17. The number of aryl methyl sites for hydroxylation is 1. The lowest BCUT2D eigenvalue weighted by molar-refractivity contribution is -0.140. The van der Waals surface area contributed by atoms with Crippen molar-refractivity contribution in [3.63, 3.8) is 0 Å². The van der Waals surface area contributed by atoms with Gasteiger partial charge >= 0.3 is 5.97 Å². The molecule has 0 bridgehead atoms. The van der Waals surface area contributed by atoms with Gasteiger partial charge in [0, 0.05) is 13.6 Å². The molecular formula is C13H16ClNO3. The van der Waals surface area contributed by atoms with Crippen LogP contribution >= 0.6 is 11.6 Å². The van der Waals surface area contributed by atoms with Crippen LogP contribution in [0.15, 0.2) is 18.2 Å². The van der Waals surface area contributed by atoms with Crippen LogP contribution in [-0.2, 0) is 9.53 Å². The first kappa shape index (κ1) is 14.5. The van der Waals surface area contributed by atoms with Gasteiger partial charge in [0.05, 0.1) is 24.1 Å². The number of benzene rings is 1. The van der Waals surface area contributed by atoms with Crippen molar-refractivity contribution >= 4 is 23.5 Å². The Morgan fingerprint density at radius 1 is 1.39 bits per heavy atom. The van der Waals surface area contributed by atoms with Crippen LogP contribution in [0.3, 0.4) is 0 Å². The van der Waals surface area contributed by atoms with Gasteiger partial charge in [0.15, 0.2) is 0 Å². The van der Waals surface area contributed by atoms with E-state index >= 15 is 0 Å². The SMILES string of the molecule is COC(=O)CCN(C)C(=O)c1cccc(C)c1Cl. The summed E-state index contributed by atoms with van der Waals surface area (Å²) >= 11 is 6.08. The summed E-state index contributed by atoms with van der Waals surface area (Å²) in [6, 6.07) is 5.29. The van der Waals surface area contributed by atoms with Crippen molar-refractivity contribution < 1.29 is 14.3 Å². The average molecular weight is 270 g/mol. The first-order chi connectivity index (χ1) is 8.47. The molecule has 4 nitrogen and oxygen atoms in total. The summed E-state index contributed by atoms with van der Waals surface area (Å²) in [5.41, 5.74) is 1.30. The molecule has 5 heteroatoms. The molecule has 0 saturated heterocycles. The Morgan fingerprint density at radius 2 is 2.06 bits per heavy atom. The third-order valence-corrected chi connectivity index (χ3v) is 3.15. The van der Waals surface area contributed by atoms with Crippen molar-refractivity contribution in [2.24, 2.45) is 0 Å². The molecule has 0 aliphatic carbocycles. The van der Waals surface area contributed by atoms with Gasteiger partial charge in [0.1, 0.15) is 0 Å². The molecule has 0 N–H and O–H groups in total. The maximum Gasteiger partial charge on any atom is 0.307 e. The Hall–Kier alpha value is -1.55. The van der Waals surface area contributed by atoms with Gasteiger partial charge in [-0.1, -0.05) is 23.7 Å². The van der Waals surface area contributed by atoms with E-state index in [-0.39, 0.29) is 18.3 Å². The first-order valence-electron chi connectivity index (χ1n) is 5.54. The van der Waals surface area contributed by atoms with Crippen LogP contribution in [0.1, 0.15) is 22.3 Å². The molecule has 0 radical (unpaired) electrons. The summed E-state index contributed by atoms with van der Waals surface area (Å²) in [6.07, 6.45) is 0.169. The Morgan fingerprint density at radius 3 is 2.67 bits per heavy atom. The van der Waals surface area contributed by atoms with E-state index in [0.717, 1.165) is 5.56 Å². The highest BCUT2D eigenvalue weighted by Gasteiger charge is 2.16. The van der Waals surface area contributed by atoms with Gasteiger partial charge in [0.25, 0.3) is 5.91 Å². The van der Waals surface area contributed by atoms with Gasteiger partial charge in [-0.3, -0.25) is 9.59 Å². The third kappa shape index (κ3) is 3.47. The van der Waals surface area contributed by atoms with Crippen molar-refractivity contribution in [2.75, 3.05) is 20.7 Å². The summed E-state index contributed by atoms with van der Waals surface area (Å²) in [6.45, 7) is 2.14. The minimum atomic E-state index is -0.343. The molecular weight excluding hydrogens is 254 g/mol. The summed E-state index contributed by atoms with van der Waals surface area (Å²) in [5, 5.41) is 0.451.